The van der Waals surface area contributed by atoms with Crippen molar-refractivity contribution in [3.8, 4) is 10.6 Å². The summed E-state index contributed by atoms with van der Waals surface area (Å²) >= 11 is 1.53. The highest BCUT2D eigenvalue weighted by Gasteiger charge is 2.11. The zero-order valence-electron chi connectivity index (χ0n) is 13.5. The van der Waals surface area contributed by atoms with Crippen LogP contribution in [0.15, 0.2) is 60.2 Å². The number of thiazole rings is 1. The van der Waals surface area contributed by atoms with Gasteiger partial charge in [-0.25, -0.2) is 4.98 Å². The molecule has 3 rings (SSSR count). The lowest BCUT2D eigenvalue weighted by Gasteiger charge is -2.12. The molecule has 0 spiro atoms. The van der Waals surface area contributed by atoms with Crippen molar-refractivity contribution in [2.45, 2.75) is 19.3 Å². The number of benzene rings is 1. The first-order chi connectivity index (χ1) is 11.7. The quantitative estimate of drug-likeness (QED) is 0.747. The Kier molecular flexibility index (Phi) is 5.33. The molecule has 0 aliphatic carbocycles. The maximum absolute atomic E-state index is 12.1. The van der Waals surface area contributed by atoms with Crippen molar-refractivity contribution in [2.24, 2.45) is 0 Å². The molecule has 1 N–H and O–H groups in total. The van der Waals surface area contributed by atoms with Crippen LogP contribution < -0.4 is 5.32 Å². The molecular weight excluding hydrogens is 318 g/mol. The zero-order valence-corrected chi connectivity index (χ0v) is 14.3. The Morgan fingerprint density at radius 1 is 1.21 bits per heavy atom. The standard InChI is InChI=1S/C19H19N3OS/c1-14(15-6-3-2-4-7-15)11-21-18(23)10-17-13-24-19(22-17)16-8-5-9-20-12-16/h2-9,12-14H,10-11H2,1H3,(H,21,23). The zero-order chi connectivity index (χ0) is 16.8. The van der Waals surface area contributed by atoms with E-state index >= 15 is 0 Å². The Hall–Kier alpha value is -2.53. The second kappa shape index (κ2) is 7.84. The third-order valence-electron chi connectivity index (χ3n) is 3.78. The number of aromatic nitrogens is 2. The molecule has 2 aromatic heterocycles. The van der Waals surface area contributed by atoms with Crippen LogP contribution in [0.5, 0.6) is 0 Å². The predicted octanol–water partition coefficient (Wildman–Crippen LogP) is 3.67. The molecule has 0 saturated heterocycles. The number of amides is 1. The van der Waals surface area contributed by atoms with Crippen LogP contribution in [0.4, 0.5) is 0 Å². The van der Waals surface area contributed by atoms with Gasteiger partial charge in [-0.2, -0.15) is 0 Å². The maximum atomic E-state index is 12.1. The molecule has 2 heterocycles. The highest BCUT2D eigenvalue weighted by Crippen LogP contribution is 2.22. The molecule has 1 amide bonds. The minimum atomic E-state index is 0.000757. The van der Waals surface area contributed by atoms with Crippen molar-refractivity contribution in [2.75, 3.05) is 6.54 Å². The Balaban J connectivity index is 1.53. The molecule has 0 radical (unpaired) electrons. The van der Waals surface area contributed by atoms with Crippen LogP contribution in [-0.2, 0) is 11.2 Å². The lowest BCUT2D eigenvalue weighted by atomic mass is 10.0. The van der Waals surface area contributed by atoms with Gasteiger partial charge in [0.05, 0.1) is 12.1 Å². The smallest absolute Gasteiger partial charge is 0.226 e. The lowest BCUT2D eigenvalue weighted by molar-refractivity contribution is -0.120. The van der Waals surface area contributed by atoms with Crippen LogP contribution >= 0.6 is 11.3 Å². The number of nitrogens with one attached hydrogen (secondary N) is 1. The summed E-state index contributed by atoms with van der Waals surface area (Å²) in [6.45, 7) is 2.74. The summed E-state index contributed by atoms with van der Waals surface area (Å²) < 4.78 is 0. The highest BCUT2D eigenvalue weighted by molar-refractivity contribution is 7.13. The van der Waals surface area contributed by atoms with Gasteiger partial charge in [0.2, 0.25) is 5.91 Å². The van der Waals surface area contributed by atoms with Crippen molar-refractivity contribution in [3.05, 3.63) is 71.5 Å². The van der Waals surface area contributed by atoms with E-state index in [1.165, 1.54) is 16.9 Å². The number of carbonyl (C=O) groups excluding carboxylic acids is 1. The van der Waals surface area contributed by atoms with Crippen molar-refractivity contribution in [1.29, 1.82) is 0 Å². The van der Waals surface area contributed by atoms with Gasteiger partial charge in [0.1, 0.15) is 5.01 Å². The predicted molar refractivity (Wildman–Crippen MR) is 96.9 cm³/mol. The summed E-state index contributed by atoms with van der Waals surface area (Å²) in [5.41, 5.74) is 3.00. The van der Waals surface area contributed by atoms with E-state index in [-0.39, 0.29) is 11.8 Å². The Morgan fingerprint density at radius 2 is 2.04 bits per heavy atom. The number of hydrogen-bond donors (Lipinski definition) is 1. The van der Waals surface area contributed by atoms with Crippen molar-refractivity contribution < 1.29 is 4.79 Å². The summed E-state index contributed by atoms with van der Waals surface area (Å²) in [7, 11) is 0. The molecule has 0 fully saturated rings. The lowest BCUT2D eigenvalue weighted by Crippen LogP contribution is -2.28. The fourth-order valence-electron chi connectivity index (χ4n) is 2.40. The third kappa shape index (κ3) is 4.26. The summed E-state index contributed by atoms with van der Waals surface area (Å²) in [6.07, 6.45) is 3.82. The number of rotatable bonds is 6. The van der Waals surface area contributed by atoms with E-state index < -0.39 is 0 Å². The van der Waals surface area contributed by atoms with E-state index in [1.807, 2.05) is 35.7 Å². The fraction of sp³-hybridized carbons (Fsp3) is 0.211. The summed E-state index contributed by atoms with van der Waals surface area (Å²) in [5, 5.41) is 5.82. The molecule has 3 aromatic rings. The largest absolute Gasteiger partial charge is 0.355 e. The van der Waals surface area contributed by atoms with Gasteiger partial charge in [-0.1, -0.05) is 37.3 Å². The second-order valence-corrected chi connectivity index (χ2v) is 6.54. The second-order valence-electron chi connectivity index (χ2n) is 5.68. The van der Waals surface area contributed by atoms with E-state index in [4.69, 9.17) is 0 Å². The van der Waals surface area contributed by atoms with Gasteiger partial charge in [0.15, 0.2) is 0 Å². The van der Waals surface area contributed by atoms with Gasteiger partial charge in [-0.3, -0.25) is 9.78 Å². The monoisotopic (exact) mass is 337 g/mol. The molecule has 0 saturated carbocycles. The SMILES string of the molecule is CC(CNC(=O)Cc1csc(-c2cccnc2)n1)c1ccccc1. The highest BCUT2D eigenvalue weighted by atomic mass is 32.1. The first kappa shape index (κ1) is 16.3. The minimum absolute atomic E-state index is 0.000757. The number of nitrogens with zero attached hydrogens (tertiary/aromatic N) is 2. The number of carbonyl (C=O) groups is 1. The van der Waals surface area contributed by atoms with Crippen molar-refractivity contribution in [3.63, 3.8) is 0 Å². The Bertz CT molecular complexity index is 787. The van der Waals surface area contributed by atoms with Crippen LogP contribution in [0.3, 0.4) is 0 Å². The van der Waals surface area contributed by atoms with E-state index in [9.17, 15) is 4.79 Å². The molecular formula is C19H19N3OS. The Morgan fingerprint density at radius 3 is 2.79 bits per heavy atom. The van der Waals surface area contributed by atoms with Crippen LogP contribution in [0, 0.1) is 0 Å². The van der Waals surface area contributed by atoms with E-state index in [0.717, 1.165) is 16.3 Å². The first-order valence-corrected chi connectivity index (χ1v) is 8.77. The topological polar surface area (TPSA) is 54.9 Å². The van der Waals surface area contributed by atoms with Gasteiger partial charge in [0, 0.05) is 29.9 Å². The van der Waals surface area contributed by atoms with Gasteiger partial charge in [-0.05, 0) is 23.6 Å². The molecule has 0 bridgehead atoms. The molecule has 1 aromatic carbocycles. The molecule has 122 valence electrons. The molecule has 0 aliphatic rings. The van der Waals surface area contributed by atoms with Crippen LogP contribution in [0.1, 0.15) is 24.1 Å². The minimum Gasteiger partial charge on any atom is -0.355 e. The number of pyridine rings is 1. The molecule has 1 atom stereocenters. The molecule has 5 heteroatoms. The van der Waals surface area contributed by atoms with Gasteiger partial charge in [0.25, 0.3) is 0 Å². The van der Waals surface area contributed by atoms with Crippen LogP contribution in [-0.4, -0.2) is 22.4 Å². The fourth-order valence-corrected chi connectivity index (χ4v) is 3.21. The number of hydrogen-bond acceptors (Lipinski definition) is 4. The van der Waals surface area contributed by atoms with Gasteiger partial charge < -0.3 is 5.32 Å². The summed E-state index contributed by atoms with van der Waals surface area (Å²) in [4.78, 5) is 20.8. The third-order valence-corrected chi connectivity index (χ3v) is 4.72. The van der Waals surface area contributed by atoms with Crippen molar-refractivity contribution >= 4 is 17.2 Å². The van der Waals surface area contributed by atoms with Gasteiger partial charge >= 0.3 is 0 Å². The van der Waals surface area contributed by atoms with Crippen molar-refractivity contribution in [1.82, 2.24) is 15.3 Å². The normalized spacial score (nSPS) is 11.9. The van der Waals surface area contributed by atoms with Gasteiger partial charge in [-0.15, -0.1) is 11.3 Å². The molecule has 24 heavy (non-hydrogen) atoms. The van der Waals surface area contributed by atoms with E-state index in [0.29, 0.717) is 13.0 Å². The maximum Gasteiger partial charge on any atom is 0.226 e. The average molecular weight is 337 g/mol. The molecule has 0 aliphatic heterocycles. The first-order valence-electron chi connectivity index (χ1n) is 7.89. The summed E-state index contributed by atoms with van der Waals surface area (Å²) in [6, 6.07) is 14.0. The van der Waals surface area contributed by atoms with E-state index in [2.05, 4.69) is 34.3 Å². The molecule has 4 nitrogen and oxygen atoms in total. The molecule has 1 unspecified atom stereocenters. The Labute approximate surface area is 145 Å². The average Bonchev–Trinajstić information content (AvgIpc) is 3.09. The van der Waals surface area contributed by atoms with Crippen LogP contribution in [0.2, 0.25) is 0 Å². The van der Waals surface area contributed by atoms with Crippen LogP contribution in [0.25, 0.3) is 10.6 Å². The van der Waals surface area contributed by atoms with E-state index in [1.54, 1.807) is 12.4 Å². The summed E-state index contributed by atoms with van der Waals surface area (Å²) in [5.74, 6) is 0.289.